The van der Waals surface area contributed by atoms with Crippen molar-refractivity contribution in [2.75, 3.05) is 13.7 Å². The zero-order valence-electron chi connectivity index (χ0n) is 15.3. The van der Waals surface area contributed by atoms with Crippen LogP contribution in [0.2, 0.25) is 5.02 Å². The van der Waals surface area contributed by atoms with Crippen LogP contribution in [0.3, 0.4) is 0 Å². The molecular formula is C21H28ClNO2. The SMILES string of the molecule is CCCOc1c(Cl)cc(CN[C@@H](C)CCc2ccccc2)cc1OC. The zero-order chi connectivity index (χ0) is 18.1. The van der Waals surface area contributed by atoms with Crippen LogP contribution in [0.1, 0.15) is 37.8 Å². The second kappa shape index (κ2) is 10.3. The molecule has 0 fully saturated rings. The monoisotopic (exact) mass is 361 g/mol. The summed E-state index contributed by atoms with van der Waals surface area (Å²) in [6.45, 7) is 5.65. The van der Waals surface area contributed by atoms with Crippen molar-refractivity contribution in [1.82, 2.24) is 5.32 Å². The van der Waals surface area contributed by atoms with Crippen molar-refractivity contribution in [3.8, 4) is 11.5 Å². The largest absolute Gasteiger partial charge is 0.493 e. The van der Waals surface area contributed by atoms with E-state index in [4.69, 9.17) is 21.1 Å². The number of methoxy groups -OCH3 is 1. The van der Waals surface area contributed by atoms with E-state index in [9.17, 15) is 0 Å². The number of aryl methyl sites for hydroxylation is 1. The number of benzene rings is 2. The Kier molecular flexibility index (Phi) is 8.10. The molecular weight excluding hydrogens is 334 g/mol. The molecule has 2 aromatic carbocycles. The van der Waals surface area contributed by atoms with E-state index in [1.165, 1.54) is 5.56 Å². The number of ether oxygens (including phenoxy) is 2. The van der Waals surface area contributed by atoms with Gasteiger partial charge in [-0.25, -0.2) is 0 Å². The Morgan fingerprint density at radius 3 is 2.56 bits per heavy atom. The lowest BCUT2D eigenvalue weighted by Crippen LogP contribution is -2.26. The first-order valence-corrected chi connectivity index (χ1v) is 9.28. The minimum Gasteiger partial charge on any atom is -0.493 e. The van der Waals surface area contributed by atoms with Gasteiger partial charge in [0.25, 0.3) is 0 Å². The molecule has 0 spiro atoms. The molecule has 0 aliphatic heterocycles. The Balaban J connectivity index is 1.90. The number of nitrogens with one attached hydrogen (secondary N) is 1. The van der Waals surface area contributed by atoms with E-state index in [2.05, 4.69) is 49.5 Å². The van der Waals surface area contributed by atoms with Crippen LogP contribution in [0.25, 0.3) is 0 Å². The molecule has 0 heterocycles. The molecule has 0 aliphatic rings. The molecule has 0 unspecified atom stereocenters. The number of rotatable bonds is 10. The lowest BCUT2D eigenvalue weighted by molar-refractivity contribution is 0.294. The third kappa shape index (κ3) is 6.26. The molecule has 2 aromatic rings. The summed E-state index contributed by atoms with van der Waals surface area (Å²) < 4.78 is 11.1. The Morgan fingerprint density at radius 1 is 1.12 bits per heavy atom. The summed E-state index contributed by atoms with van der Waals surface area (Å²) in [7, 11) is 1.64. The van der Waals surface area contributed by atoms with Gasteiger partial charge < -0.3 is 14.8 Å². The molecule has 0 radical (unpaired) electrons. The Labute approximate surface area is 156 Å². The molecule has 4 heteroatoms. The standard InChI is InChI=1S/C21H28ClNO2/c1-4-12-25-21-19(22)13-18(14-20(21)24-3)15-23-16(2)10-11-17-8-6-5-7-9-17/h5-9,13-14,16,23H,4,10-12,15H2,1-3H3/t16-/m0/s1. The third-order valence-corrected chi connectivity index (χ3v) is 4.38. The number of hydrogen-bond donors (Lipinski definition) is 1. The normalized spacial score (nSPS) is 12.0. The maximum absolute atomic E-state index is 6.37. The van der Waals surface area contributed by atoms with Gasteiger partial charge in [0, 0.05) is 12.6 Å². The molecule has 1 N–H and O–H groups in total. The average Bonchev–Trinajstić information content (AvgIpc) is 2.64. The highest BCUT2D eigenvalue weighted by Gasteiger charge is 2.12. The van der Waals surface area contributed by atoms with Gasteiger partial charge >= 0.3 is 0 Å². The van der Waals surface area contributed by atoms with Crippen molar-refractivity contribution < 1.29 is 9.47 Å². The second-order valence-electron chi connectivity index (χ2n) is 6.26. The van der Waals surface area contributed by atoms with Gasteiger partial charge in [0.1, 0.15) is 0 Å². The molecule has 2 rings (SSSR count). The van der Waals surface area contributed by atoms with Crippen LogP contribution in [0.5, 0.6) is 11.5 Å². The van der Waals surface area contributed by atoms with E-state index in [1.54, 1.807) is 7.11 Å². The molecule has 136 valence electrons. The maximum Gasteiger partial charge on any atom is 0.179 e. The van der Waals surface area contributed by atoms with E-state index in [0.29, 0.717) is 29.2 Å². The van der Waals surface area contributed by atoms with Gasteiger partial charge in [-0.05, 0) is 49.4 Å². The number of halogens is 1. The topological polar surface area (TPSA) is 30.5 Å². The maximum atomic E-state index is 6.37. The molecule has 3 nitrogen and oxygen atoms in total. The molecule has 1 atom stereocenters. The molecule has 0 aliphatic carbocycles. The fourth-order valence-electron chi connectivity index (χ4n) is 2.64. The Hall–Kier alpha value is -1.71. The van der Waals surface area contributed by atoms with Crippen molar-refractivity contribution in [2.45, 2.75) is 45.7 Å². The molecule has 0 saturated heterocycles. The summed E-state index contributed by atoms with van der Waals surface area (Å²) in [4.78, 5) is 0. The fraction of sp³-hybridized carbons (Fsp3) is 0.429. The van der Waals surface area contributed by atoms with Crippen molar-refractivity contribution in [1.29, 1.82) is 0 Å². The summed E-state index contributed by atoms with van der Waals surface area (Å²) in [6, 6.07) is 14.9. The van der Waals surface area contributed by atoms with Crippen molar-refractivity contribution >= 4 is 11.6 Å². The molecule has 0 bridgehead atoms. The zero-order valence-corrected chi connectivity index (χ0v) is 16.1. The molecule has 25 heavy (non-hydrogen) atoms. The van der Waals surface area contributed by atoms with E-state index in [1.807, 2.05) is 12.1 Å². The Bertz CT molecular complexity index is 646. The summed E-state index contributed by atoms with van der Waals surface area (Å²) in [6.07, 6.45) is 3.09. The van der Waals surface area contributed by atoms with Gasteiger partial charge in [-0.3, -0.25) is 0 Å². The minimum absolute atomic E-state index is 0.418. The quantitative estimate of drug-likeness (QED) is 0.627. The van der Waals surface area contributed by atoms with Crippen LogP contribution in [-0.4, -0.2) is 19.8 Å². The second-order valence-corrected chi connectivity index (χ2v) is 6.67. The van der Waals surface area contributed by atoms with Crippen LogP contribution in [0, 0.1) is 0 Å². The van der Waals surface area contributed by atoms with Crippen LogP contribution in [-0.2, 0) is 13.0 Å². The molecule has 0 amide bonds. The van der Waals surface area contributed by atoms with Crippen LogP contribution < -0.4 is 14.8 Å². The van der Waals surface area contributed by atoms with E-state index < -0.39 is 0 Å². The predicted molar refractivity (Wildman–Crippen MR) is 105 cm³/mol. The van der Waals surface area contributed by atoms with Crippen molar-refractivity contribution in [3.63, 3.8) is 0 Å². The molecule has 0 saturated carbocycles. The van der Waals surface area contributed by atoms with E-state index >= 15 is 0 Å². The van der Waals surface area contributed by atoms with Crippen molar-refractivity contribution in [2.24, 2.45) is 0 Å². The highest BCUT2D eigenvalue weighted by atomic mass is 35.5. The smallest absolute Gasteiger partial charge is 0.179 e. The van der Waals surface area contributed by atoms with Gasteiger partial charge in [-0.2, -0.15) is 0 Å². The summed E-state index contributed by atoms with van der Waals surface area (Å²) in [5, 5.41) is 4.15. The number of hydrogen-bond acceptors (Lipinski definition) is 3. The average molecular weight is 362 g/mol. The third-order valence-electron chi connectivity index (χ3n) is 4.10. The van der Waals surface area contributed by atoms with Gasteiger partial charge in [0.05, 0.1) is 18.7 Å². The fourth-order valence-corrected chi connectivity index (χ4v) is 2.93. The summed E-state index contributed by atoms with van der Waals surface area (Å²) >= 11 is 6.37. The minimum atomic E-state index is 0.418. The predicted octanol–water partition coefficient (Wildman–Crippen LogP) is 5.25. The van der Waals surface area contributed by atoms with Crippen LogP contribution >= 0.6 is 11.6 Å². The van der Waals surface area contributed by atoms with Crippen molar-refractivity contribution in [3.05, 3.63) is 58.6 Å². The lowest BCUT2D eigenvalue weighted by atomic mass is 10.1. The summed E-state index contributed by atoms with van der Waals surface area (Å²) in [5.74, 6) is 1.32. The lowest BCUT2D eigenvalue weighted by Gasteiger charge is -2.16. The van der Waals surface area contributed by atoms with Crippen LogP contribution in [0.15, 0.2) is 42.5 Å². The first-order valence-electron chi connectivity index (χ1n) is 8.90. The van der Waals surface area contributed by atoms with Gasteiger partial charge in [0.2, 0.25) is 0 Å². The van der Waals surface area contributed by atoms with E-state index in [-0.39, 0.29) is 0 Å². The highest BCUT2D eigenvalue weighted by Crippen LogP contribution is 2.36. The van der Waals surface area contributed by atoms with Gasteiger partial charge in [-0.15, -0.1) is 0 Å². The molecule has 0 aromatic heterocycles. The van der Waals surface area contributed by atoms with Gasteiger partial charge in [0.15, 0.2) is 11.5 Å². The van der Waals surface area contributed by atoms with E-state index in [0.717, 1.165) is 31.4 Å². The highest BCUT2D eigenvalue weighted by molar-refractivity contribution is 6.32. The van der Waals surface area contributed by atoms with Crippen LogP contribution in [0.4, 0.5) is 0 Å². The Morgan fingerprint density at radius 2 is 1.88 bits per heavy atom. The summed E-state index contributed by atoms with van der Waals surface area (Å²) in [5.41, 5.74) is 2.47. The first kappa shape index (κ1) is 19.6. The first-order chi connectivity index (χ1) is 12.1. The van der Waals surface area contributed by atoms with Gasteiger partial charge in [-0.1, -0.05) is 48.9 Å².